The van der Waals surface area contributed by atoms with E-state index in [9.17, 15) is 9.59 Å². The average molecular weight is 309 g/mol. The lowest BCUT2D eigenvalue weighted by molar-refractivity contribution is -0.116. The fourth-order valence-electron chi connectivity index (χ4n) is 1.64. The van der Waals surface area contributed by atoms with Crippen molar-refractivity contribution in [2.45, 2.75) is 26.8 Å². The van der Waals surface area contributed by atoms with Gasteiger partial charge in [-0.25, -0.2) is 9.48 Å². The summed E-state index contributed by atoms with van der Waals surface area (Å²) in [7, 11) is 0. The maximum atomic E-state index is 11.9. The minimum absolute atomic E-state index is 0.0192. The summed E-state index contributed by atoms with van der Waals surface area (Å²) in [5.74, 6) is -0.747. The first kappa shape index (κ1) is 15.1. The first-order valence-electron chi connectivity index (χ1n) is 6.44. The Morgan fingerprint density at radius 1 is 1.43 bits per heavy atom. The number of thiophene rings is 1. The predicted octanol–water partition coefficient (Wildman–Crippen LogP) is 1.11. The third-order valence-electron chi connectivity index (χ3n) is 2.58. The molecule has 0 aromatic carbocycles. The molecule has 1 N–H and O–H groups in total. The molecule has 8 nitrogen and oxygen atoms in total. The summed E-state index contributed by atoms with van der Waals surface area (Å²) in [5.41, 5.74) is 0.378. The number of aryl methyl sites for hydroxylation is 1. The van der Waals surface area contributed by atoms with Gasteiger partial charge in [-0.2, -0.15) is 0 Å². The molecule has 0 saturated heterocycles. The maximum Gasteiger partial charge on any atom is 0.341 e. The first-order chi connectivity index (χ1) is 10.1. The van der Waals surface area contributed by atoms with Crippen molar-refractivity contribution in [3.05, 3.63) is 22.8 Å². The molecule has 112 valence electrons. The zero-order valence-electron chi connectivity index (χ0n) is 11.7. The number of amides is 1. The van der Waals surface area contributed by atoms with Gasteiger partial charge < -0.3 is 10.1 Å². The van der Waals surface area contributed by atoms with Gasteiger partial charge in [0, 0.05) is 4.88 Å². The van der Waals surface area contributed by atoms with Crippen LogP contribution in [0.3, 0.4) is 0 Å². The summed E-state index contributed by atoms with van der Waals surface area (Å²) in [4.78, 5) is 24.8. The highest BCUT2D eigenvalue weighted by Gasteiger charge is 2.18. The van der Waals surface area contributed by atoms with Gasteiger partial charge in [0.05, 0.1) is 12.2 Å². The van der Waals surface area contributed by atoms with E-state index >= 15 is 0 Å². The molecule has 0 saturated carbocycles. The van der Waals surface area contributed by atoms with Crippen LogP contribution in [0.4, 0.5) is 5.00 Å². The topological polar surface area (TPSA) is 99.0 Å². The molecular formula is C12H15N5O3S. The van der Waals surface area contributed by atoms with E-state index in [0.717, 1.165) is 11.3 Å². The highest BCUT2D eigenvalue weighted by Crippen LogP contribution is 2.29. The lowest BCUT2D eigenvalue weighted by Crippen LogP contribution is -2.20. The fraction of sp³-hybridized carbons (Fsp3) is 0.417. The largest absolute Gasteiger partial charge is 0.462 e. The smallest absolute Gasteiger partial charge is 0.341 e. The summed E-state index contributed by atoms with van der Waals surface area (Å²) < 4.78 is 6.29. The number of hydrogen-bond acceptors (Lipinski definition) is 7. The van der Waals surface area contributed by atoms with Gasteiger partial charge in [-0.15, -0.1) is 16.4 Å². The number of esters is 1. The van der Waals surface area contributed by atoms with Crippen molar-refractivity contribution in [1.82, 2.24) is 20.2 Å². The number of anilines is 1. The van der Waals surface area contributed by atoms with Crippen molar-refractivity contribution < 1.29 is 14.3 Å². The SMILES string of the molecule is CCOC(=O)c1cc(CC)sc1NC(=O)Cn1cnnn1. The van der Waals surface area contributed by atoms with Crippen LogP contribution in [-0.4, -0.2) is 38.7 Å². The average Bonchev–Trinajstić information content (AvgIpc) is 3.08. The molecule has 0 radical (unpaired) electrons. The number of ether oxygens (including phenoxy) is 1. The van der Waals surface area contributed by atoms with Gasteiger partial charge in [0.25, 0.3) is 0 Å². The van der Waals surface area contributed by atoms with Crippen molar-refractivity contribution in [1.29, 1.82) is 0 Å². The Kier molecular flexibility index (Phi) is 4.99. The van der Waals surface area contributed by atoms with E-state index in [1.165, 1.54) is 22.3 Å². The highest BCUT2D eigenvalue weighted by molar-refractivity contribution is 7.16. The molecule has 0 bridgehead atoms. The molecule has 2 rings (SSSR count). The minimum Gasteiger partial charge on any atom is -0.462 e. The Morgan fingerprint density at radius 2 is 2.24 bits per heavy atom. The van der Waals surface area contributed by atoms with Gasteiger partial charge in [-0.05, 0) is 29.8 Å². The summed E-state index contributed by atoms with van der Waals surface area (Å²) in [6.45, 7) is 3.98. The number of carbonyl (C=O) groups excluding carboxylic acids is 2. The van der Waals surface area contributed by atoms with Gasteiger partial charge in [0.1, 0.15) is 17.9 Å². The van der Waals surface area contributed by atoms with Gasteiger partial charge in [0.2, 0.25) is 5.91 Å². The van der Waals surface area contributed by atoms with E-state index < -0.39 is 5.97 Å². The zero-order chi connectivity index (χ0) is 15.2. The molecule has 0 fully saturated rings. The van der Waals surface area contributed by atoms with E-state index in [-0.39, 0.29) is 19.1 Å². The van der Waals surface area contributed by atoms with E-state index in [1.54, 1.807) is 13.0 Å². The molecule has 21 heavy (non-hydrogen) atoms. The third-order valence-corrected chi connectivity index (χ3v) is 3.77. The summed E-state index contributed by atoms with van der Waals surface area (Å²) in [6.07, 6.45) is 2.12. The molecule has 9 heteroatoms. The summed E-state index contributed by atoms with van der Waals surface area (Å²) >= 11 is 1.36. The number of carbonyl (C=O) groups is 2. The predicted molar refractivity (Wildman–Crippen MR) is 76.1 cm³/mol. The molecule has 2 aromatic rings. The lowest BCUT2D eigenvalue weighted by atomic mass is 10.2. The quantitative estimate of drug-likeness (QED) is 0.803. The normalized spacial score (nSPS) is 10.4. The van der Waals surface area contributed by atoms with E-state index in [1.807, 2.05) is 6.92 Å². The molecule has 0 atom stereocenters. The third kappa shape index (κ3) is 3.85. The van der Waals surface area contributed by atoms with Crippen molar-refractivity contribution in [2.75, 3.05) is 11.9 Å². The van der Waals surface area contributed by atoms with Crippen LogP contribution in [0, 0.1) is 0 Å². The van der Waals surface area contributed by atoms with Crippen LogP contribution >= 0.6 is 11.3 Å². The van der Waals surface area contributed by atoms with Gasteiger partial charge in [-0.3, -0.25) is 4.79 Å². The number of aromatic nitrogens is 4. The number of tetrazole rings is 1. The van der Waals surface area contributed by atoms with Crippen LogP contribution in [0.2, 0.25) is 0 Å². The van der Waals surface area contributed by atoms with Gasteiger partial charge >= 0.3 is 5.97 Å². The number of nitrogens with one attached hydrogen (secondary N) is 1. The minimum atomic E-state index is -0.439. The van der Waals surface area contributed by atoms with E-state index in [2.05, 4.69) is 20.8 Å². The van der Waals surface area contributed by atoms with Crippen molar-refractivity contribution in [3.8, 4) is 0 Å². The summed E-state index contributed by atoms with van der Waals surface area (Å²) in [5, 5.41) is 13.7. The van der Waals surface area contributed by atoms with Crippen LogP contribution in [0.15, 0.2) is 12.4 Å². The van der Waals surface area contributed by atoms with Crippen molar-refractivity contribution in [3.63, 3.8) is 0 Å². The van der Waals surface area contributed by atoms with E-state index in [4.69, 9.17) is 4.74 Å². The second-order valence-corrected chi connectivity index (χ2v) is 5.22. The zero-order valence-corrected chi connectivity index (χ0v) is 12.5. The second-order valence-electron chi connectivity index (χ2n) is 4.09. The molecule has 2 aromatic heterocycles. The summed E-state index contributed by atoms with van der Waals surface area (Å²) in [6, 6.07) is 1.75. The number of nitrogens with zero attached hydrogens (tertiary/aromatic N) is 4. The lowest BCUT2D eigenvalue weighted by Gasteiger charge is -2.05. The first-order valence-corrected chi connectivity index (χ1v) is 7.26. The van der Waals surface area contributed by atoms with Crippen molar-refractivity contribution >= 4 is 28.2 Å². The van der Waals surface area contributed by atoms with Crippen LogP contribution in [-0.2, 0) is 22.5 Å². The molecule has 0 unspecified atom stereocenters. The Bertz CT molecular complexity index is 623. The molecule has 0 aliphatic carbocycles. The molecule has 0 aliphatic heterocycles. The maximum absolute atomic E-state index is 11.9. The Morgan fingerprint density at radius 3 is 2.86 bits per heavy atom. The molecule has 0 spiro atoms. The van der Waals surface area contributed by atoms with Crippen LogP contribution in [0.1, 0.15) is 29.1 Å². The molecule has 0 aliphatic rings. The molecular weight excluding hydrogens is 294 g/mol. The van der Waals surface area contributed by atoms with Gasteiger partial charge in [-0.1, -0.05) is 6.92 Å². The van der Waals surface area contributed by atoms with Crippen molar-refractivity contribution in [2.24, 2.45) is 0 Å². The highest BCUT2D eigenvalue weighted by atomic mass is 32.1. The Labute approximate surface area is 125 Å². The van der Waals surface area contributed by atoms with Crippen LogP contribution in [0.25, 0.3) is 0 Å². The van der Waals surface area contributed by atoms with Crippen LogP contribution < -0.4 is 5.32 Å². The Hall–Kier alpha value is -2.29. The van der Waals surface area contributed by atoms with Crippen LogP contribution in [0.5, 0.6) is 0 Å². The molecule has 1 amide bonds. The fourth-order valence-corrected chi connectivity index (χ4v) is 2.64. The van der Waals surface area contributed by atoms with Gasteiger partial charge in [0.15, 0.2) is 0 Å². The number of rotatable bonds is 6. The monoisotopic (exact) mass is 309 g/mol. The standard InChI is InChI=1S/C12H15N5O3S/c1-3-8-5-9(12(19)20-4-2)11(21-8)14-10(18)6-17-7-13-15-16-17/h5,7H,3-4,6H2,1-2H3,(H,14,18). The Balaban J connectivity index is 2.12. The molecule has 2 heterocycles. The second kappa shape index (κ2) is 6.93. The number of hydrogen-bond donors (Lipinski definition) is 1. The van der Waals surface area contributed by atoms with E-state index in [0.29, 0.717) is 10.6 Å².